The van der Waals surface area contributed by atoms with Crippen LogP contribution in [0.2, 0.25) is 0 Å². The van der Waals surface area contributed by atoms with Crippen molar-refractivity contribution in [3.8, 4) is 0 Å². The first-order valence-electron chi connectivity index (χ1n) is 6.23. The Labute approximate surface area is 111 Å². The van der Waals surface area contributed by atoms with Crippen LogP contribution in [0.5, 0.6) is 0 Å². The molecule has 0 aromatic rings. The highest BCUT2D eigenvalue weighted by Crippen LogP contribution is 2.18. The molecule has 1 fully saturated rings. The summed E-state index contributed by atoms with van der Waals surface area (Å²) in [7, 11) is -3.09. The molecule has 0 aliphatic carbocycles. The van der Waals surface area contributed by atoms with Gasteiger partial charge in [-0.15, -0.1) is 12.4 Å². The van der Waals surface area contributed by atoms with E-state index >= 15 is 0 Å². The van der Waals surface area contributed by atoms with Gasteiger partial charge in [-0.3, -0.25) is 0 Å². The van der Waals surface area contributed by atoms with Crippen molar-refractivity contribution in [2.45, 2.75) is 45.6 Å². The Morgan fingerprint density at radius 1 is 1.35 bits per heavy atom. The Hall–Kier alpha value is 0.160. The molecule has 6 heteroatoms. The normalized spacial score (nSPS) is 22.5. The zero-order valence-electron chi connectivity index (χ0n) is 10.8. The maximum atomic E-state index is 12.1. The molecular weight excluding hydrogens is 260 g/mol. The van der Waals surface area contributed by atoms with Gasteiger partial charge in [0, 0.05) is 19.1 Å². The van der Waals surface area contributed by atoms with Crippen molar-refractivity contribution in [3.05, 3.63) is 0 Å². The molecule has 0 saturated carbocycles. The number of sulfonamides is 1. The van der Waals surface area contributed by atoms with Gasteiger partial charge in [0.1, 0.15) is 0 Å². The second-order valence-electron chi connectivity index (χ2n) is 4.72. The predicted molar refractivity (Wildman–Crippen MR) is 73.9 cm³/mol. The van der Waals surface area contributed by atoms with Crippen LogP contribution in [0.3, 0.4) is 0 Å². The first kappa shape index (κ1) is 17.2. The van der Waals surface area contributed by atoms with Gasteiger partial charge in [-0.05, 0) is 18.8 Å². The second-order valence-corrected chi connectivity index (χ2v) is 6.73. The van der Waals surface area contributed by atoms with Crippen molar-refractivity contribution in [3.63, 3.8) is 0 Å². The molecule has 1 unspecified atom stereocenters. The van der Waals surface area contributed by atoms with Gasteiger partial charge in [-0.25, -0.2) is 12.7 Å². The molecule has 1 aliphatic rings. The third-order valence-electron chi connectivity index (χ3n) is 3.41. The standard InChI is InChI=1S/C11H24N2O2S.ClH/c1-3-10(4-2)9-16(14,15)13-7-5-6-11(12)8-13;/h10-11H,3-9,12H2,1-2H3;1H. The van der Waals surface area contributed by atoms with Crippen molar-refractivity contribution in [2.75, 3.05) is 18.8 Å². The first-order chi connectivity index (χ1) is 7.49. The van der Waals surface area contributed by atoms with Crippen LogP contribution < -0.4 is 5.73 Å². The molecule has 4 nitrogen and oxygen atoms in total. The first-order valence-corrected chi connectivity index (χ1v) is 7.83. The number of rotatable bonds is 5. The molecule has 0 amide bonds. The summed E-state index contributed by atoms with van der Waals surface area (Å²) < 4.78 is 25.8. The largest absolute Gasteiger partial charge is 0.327 e. The maximum Gasteiger partial charge on any atom is 0.214 e. The molecule has 0 bridgehead atoms. The molecule has 1 aliphatic heterocycles. The lowest BCUT2D eigenvalue weighted by Crippen LogP contribution is -2.47. The number of nitrogens with zero attached hydrogens (tertiary/aromatic N) is 1. The number of halogens is 1. The summed E-state index contributed by atoms with van der Waals surface area (Å²) >= 11 is 0. The Morgan fingerprint density at radius 2 is 1.94 bits per heavy atom. The van der Waals surface area contributed by atoms with Crippen molar-refractivity contribution >= 4 is 22.4 Å². The molecule has 1 heterocycles. The maximum absolute atomic E-state index is 12.1. The van der Waals surface area contributed by atoms with Gasteiger partial charge in [-0.1, -0.05) is 26.7 Å². The van der Waals surface area contributed by atoms with Crippen molar-refractivity contribution in [1.82, 2.24) is 4.31 Å². The Balaban J connectivity index is 0.00000256. The summed E-state index contributed by atoms with van der Waals surface area (Å²) in [5.41, 5.74) is 5.81. The summed E-state index contributed by atoms with van der Waals surface area (Å²) in [5.74, 6) is 0.565. The zero-order chi connectivity index (χ0) is 12.2. The minimum Gasteiger partial charge on any atom is -0.327 e. The molecule has 0 aromatic carbocycles. The molecule has 0 radical (unpaired) electrons. The van der Waals surface area contributed by atoms with Crippen molar-refractivity contribution in [2.24, 2.45) is 11.7 Å². The fourth-order valence-corrected chi connectivity index (χ4v) is 4.26. The number of hydrogen-bond acceptors (Lipinski definition) is 3. The zero-order valence-corrected chi connectivity index (χ0v) is 12.4. The summed E-state index contributed by atoms with van der Waals surface area (Å²) in [6.45, 7) is 5.25. The summed E-state index contributed by atoms with van der Waals surface area (Å²) in [6.07, 6.45) is 3.69. The van der Waals surface area contributed by atoms with Gasteiger partial charge < -0.3 is 5.73 Å². The van der Waals surface area contributed by atoms with Crippen molar-refractivity contribution < 1.29 is 8.42 Å². The average molecular weight is 285 g/mol. The van der Waals surface area contributed by atoms with Crippen molar-refractivity contribution in [1.29, 1.82) is 0 Å². The van der Waals surface area contributed by atoms with E-state index in [1.54, 1.807) is 4.31 Å². The van der Waals surface area contributed by atoms with Crippen LogP contribution in [0.25, 0.3) is 0 Å². The highest BCUT2D eigenvalue weighted by Gasteiger charge is 2.28. The molecule has 1 atom stereocenters. The van der Waals surface area contributed by atoms with E-state index in [4.69, 9.17) is 5.73 Å². The number of piperidine rings is 1. The van der Waals surface area contributed by atoms with Gasteiger partial charge in [-0.2, -0.15) is 0 Å². The molecule has 104 valence electrons. The van der Waals surface area contributed by atoms with E-state index in [9.17, 15) is 8.42 Å². The van der Waals surface area contributed by atoms with Crippen LogP contribution in [0.15, 0.2) is 0 Å². The van der Waals surface area contributed by atoms with Gasteiger partial charge >= 0.3 is 0 Å². The van der Waals surface area contributed by atoms with E-state index in [1.165, 1.54) is 0 Å². The van der Waals surface area contributed by atoms with Gasteiger partial charge in [0.25, 0.3) is 0 Å². The van der Waals surface area contributed by atoms with Gasteiger partial charge in [0.05, 0.1) is 5.75 Å². The van der Waals surface area contributed by atoms with E-state index < -0.39 is 10.0 Å². The Bertz CT molecular complexity index is 305. The Kier molecular flexibility index (Phi) is 7.63. The molecule has 17 heavy (non-hydrogen) atoms. The van der Waals surface area contributed by atoms with Crippen LogP contribution in [-0.2, 0) is 10.0 Å². The quantitative estimate of drug-likeness (QED) is 0.834. The highest BCUT2D eigenvalue weighted by molar-refractivity contribution is 7.89. The topological polar surface area (TPSA) is 63.4 Å². The predicted octanol–water partition coefficient (Wildman–Crippen LogP) is 1.60. The van der Waals surface area contributed by atoms with E-state index in [1.807, 2.05) is 13.8 Å². The number of nitrogens with two attached hydrogens (primary N) is 1. The summed E-state index contributed by atoms with van der Waals surface area (Å²) in [5, 5.41) is 0. The highest BCUT2D eigenvalue weighted by atomic mass is 35.5. The fourth-order valence-electron chi connectivity index (χ4n) is 2.15. The van der Waals surface area contributed by atoms with Crippen LogP contribution in [0, 0.1) is 5.92 Å². The lowest BCUT2D eigenvalue weighted by molar-refractivity contribution is 0.313. The molecule has 0 spiro atoms. The van der Waals surface area contributed by atoms with E-state index in [2.05, 4.69) is 0 Å². The molecule has 0 aromatic heterocycles. The molecular formula is C11H25ClN2O2S. The molecule has 1 rings (SSSR count). The third kappa shape index (κ3) is 5.12. The van der Waals surface area contributed by atoms with Gasteiger partial charge in [0.2, 0.25) is 10.0 Å². The van der Waals surface area contributed by atoms with E-state index in [0.717, 1.165) is 25.7 Å². The molecule has 2 N–H and O–H groups in total. The lowest BCUT2D eigenvalue weighted by atomic mass is 10.1. The lowest BCUT2D eigenvalue weighted by Gasteiger charge is -2.31. The van der Waals surface area contributed by atoms with E-state index in [-0.39, 0.29) is 30.1 Å². The number of hydrogen-bond donors (Lipinski definition) is 1. The average Bonchev–Trinajstić information content (AvgIpc) is 2.26. The smallest absolute Gasteiger partial charge is 0.214 e. The van der Waals surface area contributed by atoms with E-state index in [0.29, 0.717) is 13.1 Å². The van der Waals surface area contributed by atoms with Crippen LogP contribution in [0.4, 0.5) is 0 Å². The fraction of sp³-hybridized carbons (Fsp3) is 1.00. The van der Waals surface area contributed by atoms with Crippen LogP contribution >= 0.6 is 12.4 Å². The van der Waals surface area contributed by atoms with Gasteiger partial charge in [0.15, 0.2) is 0 Å². The van der Waals surface area contributed by atoms with Crippen LogP contribution in [0.1, 0.15) is 39.5 Å². The SMILES string of the molecule is CCC(CC)CS(=O)(=O)N1CCCC(N)C1.Cl. The monoisotopic (exact) mass is 284 g/mol. The third-order valence-corrected chi connectivity index (χ3v) is 5.43. The minimum atomic E-state index is -3.09. The van der Waals surface area contributed by atoms with Crippen LogP contribution in [-0.4, -0.2) is 37.6 Å². The molecule has 1 saturated heterocycles. The minimum absolute atomic E-state index is 0. The Morgan fingerprint density at radius 3 is 2.41 bits per heavy atom. The second kappa shape index (κ2) is 7.56. The summed E-state index contributed by atoms with van der Waals surface area (Å²) in [6, 6.07) is 0.0187. The summed E-state index contributed by atoms with van der Waals surface area (Å²) in [4.78, 5) is 0.